The molecule has 0 aliphatic carbocycles. The van der Waals surface area contributed by atoms with Crippen molar-refractivity contribution in [3.8, 4) is 0 Å². The Kier molecular flexibility index (Phi) is 5.97. The summed E-state index contributed by atoms with van der Waals surface area (Å²) in [5, 5.41) is 9.39. The van der Waals surface area contributed by atoms with E-state index < -0.39 is 45.9 Å². The fraction of sp³-hybridized carbons (Fsp3) is 0.526. The second-order valence-electron chi connectivity index (χ2n) is 7.12. The first kappa shape index (κ1) is 22.0. The summed E-state index contributed by atoms with van der Waals surface area (Å²) in [5.41, 5.74) is 0.306. The number of carbonyl (C=O) groups is 3. The average molecular weight is 448 g/mol. The van der Waals surface area contributed by atoms with Gasteiger partial charge in [-0.15, -0.1) is 23.5 Å². The molecule has 3 atom stereocenters. The Labute approximate surface area is 174 Å². The van der Waals surface area contributed by atoms with Crippen molar-refractivity contribution >= 4 is 41.3 Å². The minimum Gasteiger partial charge on any atom is -0.481 e. The fourth-order valence-electron chi connectivity index (χ4n) is 3.99. The number of fused-ring (bicyclic) bond motifs is 1. The molecule has 29 heavy (non-hydrogen) atoms. The van der Waals surface area contributed by atoms with Crippen molar-refractivity contribution in [2.75, 3.05) is 11.5 Å². The maximum atomic E-state index is 14.2. The van der Waals surface area contributed by atoms with Gasteiger partial charge in [-0.2, -0.15) is 13.2 Å². The second kappa shape index (κ2) is 7.86. The highest BCUT2D eigenvalue weighted by molar-refractivity contribution is 8.18. The summed E-state index contributed by atoms with van der Waals surface area (Å²) >= 11 is 2.01. The fourth-order valence-corrected chi connectivity index (χ4v) is 7.95. The molecule has 0 spiro atoms. The number of carboxylic acids is 1. The first-order valence-corrected chi connectivity index (χ1v) is 11.0. The molecule has 0 bridgehead atoms. The number of aliphatic carboxylic acids is 1. The molecule has 1 saturated heterocycles. The van der Waals surface area contributed by atoms with Crippen molar-refractivity contribution in [3.05, 3.63) is 35.4 Å². The monoisotopic (exact) mass is 447 g/mol. The predicted octanol–water partition coefficient (Wildman–Crippen LogP) is 4.14. The molecule has 2 heterocycles. The maximum Gasteiger partial charge on any atom is 0.394 e. The van der Waals surface area contributed by atoms with Crippen LogP contribution in [0.1, 0.15) is 41.0 Å². The van der Waals surface area contributed by atoms with Crippen molar-refractivity contribution in [1.82, 2.24) is 4.90 Å². The Morgan fingerprint density at radius 3 is 2.00 bits per heavy atom. The molecule has 1 aromatic carbocycles. The molecule has 2 aliphatic heterocycles. The van der Waals surface area contributed by atoms with Crippen molar-refractivity contribution < 1.29 is 32.7 Å². The number of hydrogen-bond acceptors (Lipinski definition) is 5. The molecular formula is C19H20F3NO4S2. The molecule has 0 aromatic heterocycles. The first-order chi connectivity index (χ1) is 13.5. The van der Waals surface area contributed by atoms with E-state index in [2.05, 4.69) is 0 Å². The van der Waals surface area contributed by atoms with Gasteiger partial charge in [0.2, 0.25) is 0 Å². The minimum absolute atomic E-state index is 0.153. The molecule has 0 radical (unpaired) electrons. The van der Waals surface area contributed by atoms with Crippen LogP contribution in [0.25, 0.3) is 0 Å². The van der Waals surface area contributed by atoms with Crippen LogP contribution in [0, 0.1) is 11.8 Å². The van der Waals surface area contributed by atoms with E-state index in [9.17, 15) is 32.7 Å². The lowest BCUT2D eigenvalue weighted by atomic mass is 9.86. The summed E-state index contributed by atoms with van der Waals surface area (Å²) in [6.45, 7) is 2.45. The van der Waals surface area contributed by atoms with E-state index in [-0.39, 0.29) is 11.1 Å². The number of rotatable bonds is 5. The summed E-state index contributed by atoms with van der Waals surface area (Å²) in [5.74, 6) is -6.04. The Bertz CT molecular complexity index is 804. The lowest BCUT2D eigenvalue weighted by Gasteiger charge is -2.49. The zero-order valence-corrected chi connectivity index (χ0v) is 17.4. The summed E-state index contributed by atoms with van der Waals surface area (Å²) < 4.78 is 40.9. The lowest BCUT2D eigenvalue weighted by molar-refractivity contribution is -0.199. The van der Waals surface area contributed by atoms with E-state index in [0.29, 0.717) is 17.9 Å². The molecule has 5 nitrogen and oxygen atoms in total. The Morgan fingerprint density at radius 2 is 1.59 bits per heavy atom. The zero-order chi connectivity index (χ0) is 21.6. The van der Waals surface area contributed by atoms with Gasteiger partial charge in [0.05, 0.1) is 33.1 Å². The molecule has 1 aromatic rings. The summed E-state index contributed by atoms with van der Waals surface area (Å²) in [6.07, 6.45) is -4.15. The van der Waals surface area contributed by atoms with Crippen LogP contribution in [0.15, 0.2) is 24.3 Å². The van der Waals surface area contributed by atoms with Gasteiger partial charge in [0.15, 0.2) is 0 Å². The quantitative estimate of drug-likeness (QED) is 0.684. The normalized spacial score (nSPS) is 22.2. The molecule has 3 rings (SSSR count). The molecule has 1 N–H and O–H groups in total. The summed E-state index contributed by atoms with van der Waals surface area (Å²) in [6, 6.07) is 4.96. The average Bonchev–Trinajstić information content (AvgIpc) is 2.91. The zero-order valence-electron chi connectivity index (χ0n) is 15.7. The molecule has 3 unspecified atom stereocenters. The third-order valence-corrected chi connectivity index (χ3v) is 9.20. The highest BCUT2D eigenvalue weighted by atomic mass is 32.2. The molecule has 0 saturated carbocycles. The number of thioether (sulfide) groups is 2. The number of halogens is 3. The van der Waals surface area contributed by atoms with Crippen LogP contribution < -0.4 is 0 Å². The molecule has 158 valence electrons. The van der Waals surface area contributed by atoms with Crippen molar-refractivity contribution in [3.63, 3.8) is 0 Å². The Morgan fingerprint density at radius 1 is 1.10 bits per heavy atom. The van der Waals surface area contributed by atoms with Crippen LogP contribution in [0.2, 0.25) is 0 Å². The van der Waals surface area contributed by atoms with E-state index in [1.54, 1.807) is 12.1 Å². The van der Waals surface area contributed by atoms with E-state index in [4.69, 9.17) is 0 Å². The van der Waals surface area contributed by atoms with Crippen molar-refractivity contribution in [1.29, 1.82) is 0 Å². The second-order valence-corrected chi connectivity index (χ2v) is 10.1. The number of amides is 2. The van der Waals surface area contributed by atoms with Crippen molar-refractivity contribution in [2.24, 2.45) is 11.8 Å². The SMILES string of the molecule is CC(C(=O)O)C(C(F)(F)F)C1(C(C)N2C(=O)c3ccccc3C2=O)SCCCS1. The molecule has 10 heteroatoms. The van der Waals surface area contributed by atoms with Crippen LogP contribution >= 0.6 is 23.5 Å². The maximum absolute atomic E-state index is 14.2. The van der Waals surface area contributed by atoms with Gasteiger partial charge in [-0.1, -0.05) is 19.1 Å². The van der Waals surface area contributed by atoms with Gasteiger partial charge in [-0.05, 0) is 37.0 Å². The number of imide groups is 1. The lowest BCUT2D eigenvalue weighted by Crippen LogP contribution is -2.59. The molecule has 1 fully saturated rings. The van der Waals surface area contributed by atoms with Gasteiger partial charge in [0.25, 0.3) is 11.8 Å². The largest absolute Gasteiger partial charge is 0.481 e. The van der Waals surface area contributed by atoms with E-state index >= 15 is 0 Å². The summed E-state index contributed by atoms with van der Waals surface area (Å²) in [7, 11) is 0. The molecule has 2 amide bonds. The topological polar surface area (TPSA) is 74.7 Å². The standard InChI is InChI=1S/C19H20F3NO4S2/c1-10(17(26)27)14(19(20,21)22)18(28-8-5-9-29-18)11(2)23-15(24)12-6-3-4-7-13(12)16(23)25/h3-4,6-7,10-11,14H,5,8-9H2,1-2H3,(H,26,27). The number of hydrogen-bond donors (Lipinski definition) is 1. The van der Waals surface area contributed by atoms with Crippen LogP contribution in [0.4, 0.5) is 13.2 Å². The van der Waals surface area contributed by atoms with Gasteiger partial charge >= 0.3 is 12.1 Å². The van der Waals surface area contributed by atoms with E-state index in [0.717, 1.165) is 35.3 Å². The molecule has 2 aliphatic rings. The highest BCUT2D eigenvalue weighted by Crippen LogP contribution is 2.58. The van der Waals surface area contributed by atoms with Crippen LogP contribution in [0.5, 0.6) is 0 Å². The Balaban J connectivity index is 2.10. The number of carbonyl (C=O) groups excluding carboxylic acids is 2. The Hall–Kier alpha value is -1.68. The van der Waals surface area contributed by atoms with Crippen molar-refractivity contribution in [2.45, 2.75) is 36.6 Å². The van der Waals surface area contributed by atoms with Gasteiger partial charge in [0.1, 0.15) is 0 Å². The minimum atomic E-state index is -4.82. The van der Waals surface area contributed by atoms with Gasteiger partial charge in [-0.3, -0.25) is 19.3 Å². The van der Waals surface area contributed by atoms with Crippen LogP contribution in [-0.2, 0) is 4.79 Å². The van der Waals surface area contributed by atoms with Crippen LogP contribution in [-0.4, -0.2) is 55.6 Å². The third kappa shape index (κ3) is 3.65. The van der Waals surface area contributed by atoms with Gasteiger partial charge < -0.3 is 5.11 Å². The van der Waals surface area contributed by atoms with Gasteiger partial charge in [-0.25, -0.2) is 0 Å². The highest BCUT2D eigenvalue weighted by Gasteiger charge is 2.63. The number of benzene rings is 1. The first-order valence-electron chi connectivity index (χ1n) is 9.06. The van der Waals surface area contributed by atoms with E-state index in [1.807, 2.05) is 0 Å². The predicted molar refractivity (Wildman–Crippen MR) is 105 cm³/mol. The number of nitrogens with zero attached hydrogens (tertiary/aromatic N) is 1. The van der Waals surface area contributed by atoms with Crippen LogP contribution in [0.3, 0.4) is 0 Å². The smallest absolute Gasteiger partial charge is 0.394 e. The third-order valence-electron chi connectivity index (χ3n) is 5.41. The summed E-state index contributed by atoms with van der Waals surface area (Å²) in [4.78, 5) is 38.2. The van der Waals surface area contributed by atoms with Gasteiger partial charge in [0, 0.05) is 0 Å². The number of carboxylic acid groups (broad SMARTS) is 1. The van der Waals surface area contributed by atoms with E-state index in [1.165, 1.54) is 19.1 Å². The number of alkyl halides is 3. The molecular weight excluding hydrogens is 427 g/mol.